The van der Waals surface area contributed by atoms with Crippen LogP contribution in [0.5, 0.6) is 0 Å². The second-order valence-corrected chi connectivity index (χ2v) is 5.76. The van der Waals surface area contributed by atoms with Gasteiger partial charge in [0.2, 0.25) is 5.91 Å². The maximum atomic E-state index is 12.0. The molecular formula is C16H27ClN2O. The fourth-order valence-corrected chi connectivity index (χ4v) is 2.26. The summed E-state index contributed by atoms with van der Waals surface area (Å²) in [7, 11) is 0. The summed E-state index contributed by atoms with van der Waals surface area (Å²) < 4.78 is 0. The van der Waals surface area contributed by atoms with Crippen molar-refractivity contribution >= 4 is 18.3 Å². The third-order valence-corrected chi connectivity index (χ3v) is 3.53. The second-order valence-electron chi connectivity index (χ2n) is 5.76. The van der Waals surface area contributed by atoms with Crippen LogP contribution >= 0.6 is 12.4 Å². The molecule has 0 fully saturated rings. The molecule has 0 radical (unpaired) electrons. The van der Waals surface area contributed by atoms with Gasteiger partial charge in [-0.3, -0.25) is 4.79 Å². The van der Waals surface area contributed by atoms with E-state index in [9.17, 15) is 4.79 Å². The molecule has 3 nitrogen and oxygen atoms in total. The van der Waals surface area contributed by atoms with E-state index < -0.39 is 6.04 Å². The van der Waals surface area contributed by atoms with Gasteiger partial charge < -0.3 is 11.1 Å². The molecule has 114 valence electrons. The fraction of sp³-hybridized carbons (Fsp3) is 0.562. The standard InChI is InChI=1S/C16H26N2O.ClH/c1-10(2)9-15(17)16(19)18-13(5)14-8-6-7-11(3)12(14)4;/h6-8,10,13,15H,9,17H2,1-5H3,(H,18,19);1H/t13?,15-;/m0./s1. The molecule has 0 bridgehead atoms. The summed E-state index contributed by atoms with van der Waals surface area (Å²) in [4.78, 5) is 12.0. The maximum Gasteiger partial charge on any atom is 0.237 e. The monoisotopic (exact) mass is 298 g/mol. The summed E-state index contributed by atoms with van der Waals surface area (Å²) in [6.07, 6.45) is 0.714. The Balaban J connectivity index is 0.00000361. The first-order valence-corrected chi connectivity index (χ1v) is 6.95. The molecule has 0 heterocycles. The molecule has 2 atom stereocenters. The van der Waals surface area contributed by atoms with Gasteiger partial charge in [0.15, 0.2) is 0 Å². The number of aryl methyl sites for hydroxylation is 1. The topological polar surface area (TPSA) is 55.1 Å². The first-order valence-electron chi connectivity index (χ1n) is 6.95. The summed E-state index contributed by atoms with van der Waals surface area (Å²) in [5, 5.41) is 3.01. The van der Waals surface area contributed by atoms with Crippen LogP contribution in [0.4, 0.5) is 0 Å². The Morgan fingerprint density at radius 2 is 1.85 bits per heavy atom. The highest BCUT2D eigenvalue weighted by molar-refractivity contribution is 5.85. The minimum absolute atomic E-state index is 0. The molecule has 0 saturated carbocycles. The number of carbonyl (C=O) groups excluding carboxylic acids is 1. The number of hydrogen-bond donors (Lipinski definition) is 2. The molecule has 3 N–H and O–H groups in total. The van der Waals surface area contributed by atoms with Crippen molar-refractivity contribution in [1.82, 2.24) is 5.32 Å². The van der Waals surface area contributed by atoms with Gasteiger partial charge in [-0.2, -0.15) is 0 Å². The van der Waals surface area contributed by atoms with Crippen molar-refractivity contribution in [2.45, 2.75) is 53.1 Å². The number of hydrogen-bond acceptors (Lipinski definition) is 2. The lowest BCUT2D eigenvalue weighted by molar-refractivity contribution is -0.123. The molecule has 0 aliphatic heterocycles. The molecule has 0 aromatic heterocycles. The van der Waals surface area contributed by atoms with Crippen molar-refractivity contribution in [3.05, 3.63) is 34.9 Å². The first kappa shape index (κ1) is 18.9. The summed E-state index contributed by atoms with van der Waals surface area (Å²) in [5.74, 6) is 0.360. The van der Waals surface area contributed by atoms with Crippen molar-refractivity contribution in [3.8, 4) is 0 Å². The summed E-state index contributed by atoms with van der Waals surface area (Å²) >= 11 is 0. The molecule has 1 aromatic rings. The van der Waals surface area contributed by atoms with E-state index in [2.05, 4.69) is 45.1 Å². The molecule has 1 unspecified atom stereocenters. The second kappa shape index (κ2) is 8.28. The van der Waals surface area contributed by atoms with E-state index in [0.29, 0.717) is 12.3 Å². The molecule has 0 aliphatic carbocycles. The SMILES string of the molecule is Cc1cccc(C(C)NC(=O)[C@@H](N)CC(C)C)c1C.Cl. The van der Waals surface area contributed by atoms with Crippen LogP contribution in [0.1, 0.15) is 49.9 Å². The van der Waals surface area contributed by atoms with Crippen molar-refractivity contribution < 1.29 is 4.79 Å². The van der Waals surface area contributed by atoms with Gasteiger partial charge in [0.25, 0.3) is 0 Å². The highest BCUT2D eigenvalue weighted by atomic mass is 35.5. The predicted molar refractivity (Wildman–Crippen MR) is 87.2 cm³/mol. The first-order chi connectivity index (χ1) is 8.82. The summed E-state index contributed by atoms with van der Waals surface area (Å²) in [6.45, 7) is 10.3. The Kier molecular flexibility index (Phi) is 7.84. The van der Waals surface area contributed by atoms with E-state index in [4.69, 9.17) is 5.73 Å². The van der Waals surface area contributed by atoms with E-state index in [1.807, 2.05) is 13.0 Å². The van der Waals surface area contributed by atoms with E-state index in [-0.39, 0.29) is 24.4 Å². The number of amides is 1. The molecule has 0 spiro atoms. The Morgan fingerprint density at radius 1 is 1.25 bits per heavy atom. The number of halogens is 1. The van der Waals surface area contributed by atoms with Crippen molar-refractivity contribution in [3.63, 3.8) is 0 Å². The highest BCUT2D eigenvalue weighted by Gasteiger charge is 2.18. The molecule has 20 heavy (non-hydrogen) atoms. The lowest BCUT2D eigenvalue weighted by atomic mass is 9.97. The summed E-state index contributed by atoms with van der Waals surface area (Å²) in [5.41, 5.74) is 9.53. The third-order valence-electron chi connectivity index (χ3n) is 3.53. The molecule has 0 aliphatic rings. The predicted octanol–water partition coefficient (Wildman–Crippen LogP) is 3.28. The maximum absolute atomic E-state index is 12.0. The van der Waals surface area contributed by atoms with Crippen LogP contribution in [0.3, 0.4) is 0 Å². The van der Waals surface area contributed by atoms with Gasteiger partial charge in [0.1, 0.15) is 0 Å². The number of rotatable bonds is 5. The van der Waals surface area contributed by atoms with Gasteiger partial charge in [-0.05, 0) is 49.8 Å². The number of nitrogens with two attached hydrogens (primary N) is 1. The van der Waals surface area contributed by atoms with Crippen LogP contribution in [0.15, 0.2) is 18.2 Å². The smallest absolute Gasteiger partial charge is 0.237 e. The molecule has 1 rings (SSSR count). The molecule has 0 saturated heterocycles. The van der Waals surface area contributed by atoms with Crippen LogP contribution in [0.2, 0.25) is 0 Å². The van der Waals surface area contributed by atoms with Crippen LogP contribution in [0, 0.1) is 19.8 Å². The Labute approximate surface area is 128 Å². The normalized spacial score (nSPS) is 13.6. The largest absolute Gasteiger partial charge is 0.348 e. The van der Waals surface area contributed by atoms with Gasteiger partial charge >= 0.3 is 0 Å². The van der Waals surface area contributed by atoms with Gasteiger partial charge in [-0.1, -0.05) is 32.0 Å². The van der Waals surface area contributed by atoms with Gasteiger partial charge in [-0.15, -0.1) is 12.4 Å². The lowest BCUT2D eigenvalue weighted by Crippen LogP contribution is -2.42. The highest BCUT2D eigenvalue weighted by Crippen LogP contribution is 2.20. The van der Waals surface area contributed by atoms with Crippen LogP contribution in [0.25, 0.3) is 0 Å². The Hall–Kier alpha value is -1.06. The van der Waals surface area contributed by atoms with Gasteiger partial charge in [0, 0.05) is 0 Å². The molecular weight excluding hydrogens is 272 g/mol. The van der Waals surface area contributed by atoms with Crippen LogP contribution in [-0.4, -0.2) is 11.9 Å². The minimum atomic E-state index is -0.424. The average molecular weight is 299 g/mol. The zero-order valence-electron chi connectivity index (χ0n) is 13.1. The lowest BCUT2D eigenvalue weighted by Gasteiger charge is -2.21. The minimum Gasteiger partial charge on any atom is -0.348 e. The zero-order chi connectivity index (χ0) is 14.6. The molecule has 1 aromatic carbocycles. The zero-order valence-corrected chi connectivity index (χ0v) is 13.9. The van der Waals surface area contributed by atoms with Crippen LogP contribution < -0.4 is 11.1 Å². The Morgan fingerprint density at radius 3 is 2.40 bits per heavy atom. The Bertz CT molecular complexity index is 446. The van der Waals surface area contributed by atoms with Crippen molar-refractivity contribution in [1.29, 1.82) is 0 Å². The number of carbonyl (C=O) groups is 1. The number of nitrogens with one attached hydrogen (secondary N) is 1. The van der Waals surface area contributed by atoms with E-state index in [0.717, 1.165) is 5.56 Å². The summed E-state index contributed by atoms with van der Waals surface area (Å²) in [6, 6.07) is 5.73. The van der Waals surface area contributed by atoms with Crippen molar-refractivity contribution in [2.24, 2.45) is 11.7 Å². The van der Waals surface area contributed by atoms with Crippen LogP contribution in [-0.2, 0) is 4.79 Å². The third kappa shape index (κ3) is 5.14. The van der Waals surface area contributed by atoms with Gasteiger partial charge in [0.05, 0.1) is 12.1 Å². The van der Waals surface area contributed by atoms with E-state index in [1.54, 1.807) is 0 Å². The quantitative estimate of drug-likeness (QED) is 0.876. The molecule has 4 heteroatoms. The average Bonchev–Trinajstić information content (AvgIpc) is 2.31. The van der Waals surface area contributed by atoms with Crippen molar-refractivity contribution in [2.75, 3.05) is 0 Å². The van der Waals surface area contributed by atoms with E-state index >= 15 is 0 Å². The molecule has 1 amide bonds. The number of benzene rings is 1. The van der Waals surface area contributed by atoms with Gasteiger partial charge in [-0.25, -0.2) is 0 Å². The fourth-order valence-electron chi connectivity index (χ4n) is 2.26. The van der Waals surface area contributed by atoms with E-state index in [1.165, 1.54) is 11.1 Å².